The molecule has 2 fully saturated rings. The van der Waals surface area contributed by atoms with Crippen LogP contribution in [0.4, 0.5) is 23.8 Å². The molecule has 3 aromatic rings. The molecule has 1 aromatic carbocycles. The average Bonchev–Trinajstić information content (AvgIpc) is 3.38. The second-order valence-corrected chi connectivity index (χ2v) is 9.74. The van der Waals surface area contributed by atoms with Crippen LogP contribution in [-0.2, 0) is 0 Å². The number of aromatic amines is 1. The van der Waals surface area contributed by atoms with Gasteiger partial charge in [-0.3, -0.25) is 0 Å². The van der Waals surface area contributed by atoms with Gasteiger partial charge in [-0.1, -0.05) is 0 Å². The van der Waals surface area contributed by atoms with Crippen molar-refractivity contribution in [2.45, 2.75) is 76.5 Å². The average molecular weight is 487 g/mol. The Morgan fingerprint density at radius 2 is 1.80 bits per heavy atom. The van der Waals surface area contributed by atoms with Crippen LogP contribution in [0.2, 0.25) is 0 Å². The summed E-state index contributed by atoms with van der Waals surface area (Å²) in [5, 5.41) is 6.61. The molecule has 0 bridgehead atoms. The van der Waals surface area contributed by atoms with Crippen LogP contribution in [0, 0.1) is 17.5 Å². The molecule has 2 aliphatic rings. The number of fused-ring (bicyclic) bond motifs is 1. The second kappa shape index (κ2) is 9.39. The maximum atomic E-state index is 14.6. The Morgan fingerprint density at radius 3 is 2.57 bits per heavy atom. The van der Waals surface area contributed by atoms with Crippen LogP contribution < -0.4 is 10.6 Å². The molecule has 2 amide bonds. The first-order valence-electron chi connectivity index (χ1n) is 12.1. The lowest BCUT2D eigenvalue weighted by molar-refractivity contribution is 0.172. The third-order valence-electron chi connectivity index (χ3n) is 7.22. The molecule has 3 N–H and O–H groups in total. The number of anilines is 1. The zero-order valence-corrected chi connectivity index (χ0v) is 19.7. The lowest BCUT2D eigenvalue weighted by Crippen LogP contribution is -2.50. The first kappa shape index (κ1) is 23.4. The Labute approximate surface area is 201 Å². The van der Waals surface area contributed by atoms with Gasteiger partial charge in [-0.05, 0) is 58.4 Å². The summed E-state index contributed by atoms with van der Waals surface area (Å²) in [4.78, 5) is 25.9. The summed E-state index contributed by atoms with van der Waals surface area (Å²) in [6, 6.07) is 2.30. The molecule has 1 aliphatic carbocycles. The van der Waals surface area contributed by atoms with E-state index in [-0.39, 0.29) is 52.7 Å². The van der Waals surface area contributed by atoms with Gasteiger partial charge in [0.05, 0.1) is 11.7 Å². The zero-order valence-electron chi connectivity index (χ0n) is 19.7. The van der Waals surface area contributed by atoms with E-state index in [4.69, 9.17) is 0 Å². The number of carbonyl (C=O) groups is 1. The van der Waals surface area contributed by atoms with Crippen LogP contribution in [0.5, 0.6) is 0 Å². The van der Waals surface area contributed by atoms with E-state index in [0.717, 1.165) is 44.4 Å². The van der Waals surface area contributed by atoms with Gasteiger partial charge >= 0.3 is 6.03 Å². The number of nitrogens with one attached hydrogen (secondary N) is 3. The van der Waals surface area contributed by atoms with Crippen molar-refractivity contribution in [3.05, 3.63) is 42.0 Å². The monoisotopic (exact) mass is 486 g/mol. The van der Waals surface area contributed by atoms with Gasteiger partial charge < -0.3 is 20.5 Å². The highest BCUT2D eigenvalue weighted by atomic mass is 19.1. The van der Waals surface area contributed by atoms with Crippen LogP contribution in [0.15, 0.2) is 24.5 Å². The van der Waals surface area contributed by atoms with E-state index < -0.39 is 17.5 Å². The van der Waals surface area contributed by atoms with Crippen molar-refractivity contribution in [3.63, 3.8) is 0 Å². The maximum Gasteiger partial charge on any atom is 0.318 e. The Kier molecular flexibility index (Phi) is 6.29. The number of H-pyrrole nitrogens is 1. The topological polar surface area (TPSA) is 85.9 Å². The van der Waals surface area contributed by atoms with Crippen LogP contribution in [0.3, 0.4) is 0 Å². The maximum absolute atomic E-state index is 14.6. The highest BCUT2D eigenvalue weighted by Crippen LogP contribution is 2.31. The lowest BCUT2D eigenvalue weighted by Gasteiger charge is -2.34. The van der Waals surface area contributed by atoms with Crippen molar-refractivity contribution < 1.29 is 18.0 Å². The molecule has 4 atom stereocenters. The minimum atomic E-state index is -0.722. The van der Waals surface area contributed by atoms with Crippen LogP contribution >= 0.6 is 0 Å². The number of urea groups is 1. The summed E-state index contributed by atoms with van der Waals surface area (Å²) in [7, 11) is 0. The summed E-state index contributed by atoms with van der Waals surface area (Å²) in [5.41, 5.74) is 0.514. The third-order valence-corrected chi connectivity index (χ3v) is 7.22. The lowest BCUT2D eigenvalue weighted by atomic mass is 9.91. The number of hydrogen-bond acceptors (Lipinski definition) is 4. The van der Waals surface area contributed by atoms with E-state index in [1.54, 1.807) is 0 Å². The van der Waals surface area contributed by atoms with E-state index in [2.05, 4.69) is 39.4 Å². The number of aromatic nitrogens is 3. The van der Waals surface area contributed by atoms with E-state index in [1.165, 1.54) is 12.3 Å². The Hall–Kier alpha value is -3.30. The van der Waals surface area contributed by atoms with Gasteiger partial charge in [0, 0.05) is 47.4 Å². The molecule has 0 unspecified atom stereocenters. The van der Waals surface area contributed by atoms with Crippen LogP contribution in [0.1, 0.15) is 52.4 Å². The Morgan fingerprint density at radius 1 is 1.06 bits per heavy atom. The summed E-state index contributed by atoms with van der Waals surface area (Å²) < 4.78 is 42.5. The molecule has 7 nitrogen and oxygen atoms in total. The fourth-order valence-corrected chi connectivity index (χ4v) is 5.43. The van der Waals surface area contributed by atoms with Crippen molar-refractivity contribution in [2.24, 2.45) is 0 Å². The summed E-state index contributed by atoms with van der Waals surface area (Å²) in [6.07, 6.45) is 7.76. The molecule has 3 heterocycles. The molecule has 186 valence electrons. The number of hydrogen-bond donors (Lipinski definition) is 3. The number of carbonyl (C=O) groups excluding carboxylic acids is 1. The van der Waals surface area contributed by atoms with Gasteiger partial charge in [-0.25, -0.2) is 27.9 Å². The molecule has 0 radical (unpaired) electrons. The first-order valence-corrected chi connectivity index (χ1v) is 12.1. The van der Waals surface area contributed by atoms with Gasteiger partial charge in [0.2, 0.25) is 0 Å². The third kappa shape index (κ3) is 4.66. The molecule has 1 saturated carbocycles. The van der Waals surface area contributed by atoms with Crippen LogP contribution in [-0.4, -0.2) is 50.1 Å². The van der Waals surface area contributed by atoms with Crippen molar-refractivity contribution in [3.8, 4) is 11.4 Å². The smallest absolute Gasteiger partial charge is 0.318 e. The predicted molar refractivity (Wildman–Crippen MR) is 127 cm³/mol. The second-order valence-electron chi connectivity index (χ2n) is 9.74. The van der Waals surface area contributed by atoms with E-state index in [1.807, 2.05) is 4.90 Å². The van der Waals surface area contributed by atoms with Gasteiger partial charge in [-0.2, -0.15) is 0 Å². The molecule has 35 heavy (non-hydrogen) atoms. The van der Waals surface area contributed by atoms with Gasteiger partial charge in [-0.15, -0.1) is 0 Å². The standard InChI is InChI=1S/C25H29F3N6O/c1-13-6-7-14(2)34(13)25(35)32-17-5-3-4-16(10-17)31-24-21(28)12-30-23(33-24)19-11-29-22-18(19)8-15(26)9-20(22)27/h8-9,11-14,16-17,29H,3-7,10H2,1-2H3,(H,32,35)(H,30,31,33)/t13-,14-,16+,17-/m0/s1. The van der Waals surface area contributed by atoms with E-state index in [9.17, 15) is 18.0 Å². The number of likely N-dealkylation sites (tertiary alicyclic amines) is 1. The number of halogens is 3. The molecule has 10 heteroatoms. The highest BCUT2D eigenvalue weighted by Gasteiger charge is 2.33. The SMILES string of the molecule is C[C@H]1CC[C@H](C)N1C(=O)N[C@H]1CCC[C@@H](Nc2nc(-c3c[nH]c4c(F)cc(F)cc34)ncc2F)C1. The van der Waals surface area contributed by atoms with E-state index in [0.29, 0.717) is 12.0 Å². The normalized spacial score (nSPS) is 24.7. The summed E-state index contributed by atoms with van der Waals surface area (Å²) in [5.74, 6) is -1.87. The molecular formula is C25H29F3N6O. The van der Waals surface area contributed by atoms with Crippen molar-refractivity contribution in [1.82, 2.24) is 25.2 Å². The fourth-order valence-electron chi connectivity index (χ4n) is 5.43. The fraction of sp³-hybridized carbons (Fsp3) is 0.480. The first-order chi connectivity index (χ1) is 16.8. The zero-order chi connectivity index (χ0) is 24.7. The van der Waals surface area contributed by atoms with Gasteiger partial charge in [0.15, 0.2) is 17.5 Å². The predicted octanol–water partition coefficient (Wildman–Crippen LogP) is 5.35. The van der Waals surface area contributed by atoms with E-state index >= 15 is 0 Å². The van der Waals surface area contributed by atoms with Gasteiger partial charge in [0.1, 0.15) is 11.6 Å². The number of nitrogens with zero attached hydrogens (tertiary/aromatic N) is 3. The summed E-state index contributed by atoms with van der Waals surface area (Å²) in [6.45, 7) is 4.14. The molecule has 1 aliphatic heterocycles. The van der Waals surface area contributed by atoms with Crippen molar-refractivity contribution in [1.29, 1.82) is 0 Å². The van der Waals surface area contributed by atoms with Crippen molar-refractivity contribution >= 4 is 22.8 Å². The molecule has 2 aromatic heterocycles. The quantitative estimate of drug-likeness (QED) is 0.464. The Balaban J connectivity index is 1.31. The summed E-state index contributed by atoms with van der Waals surface area (Å²) >= 11 is 0. The highest BCUT2D eigenvalue weighted by molar-refractivity contribution is 5.94. The largest absolute Gasteiger partial charge is 0.365 e. The number of rotatable bonds is 4. The number of amides is 2. The number of benzene rings is 1. The van der Waals surface area contributed by atoms with Gasteiger partial charge in [0.25, 0.3) is 0 Å². The van der Waals surface area contributed by atoms with Crippen molar-refractivity contribution in [2.75, 3.05) is 5.32 Å². The minimum absolute atomic E-state index is 0.0160. The molecule has 1 saturated heterocycles. The molecule has 0 spiro atoms. The molecule has 5 rings (SSSR count). The minimum Gasteiger partial charge on any atom is -0.365 e. The Bertz CT molecular complexity index is 1240. The van der Waals surface area contributed by atoms with Crippen LogP contribution in [0.25, 0.3) is 22.3 Å². The molecular weight excluding hydrogens is 457 g/mol.